The summed E-state index contributed by atoms with van der Waals surface area (Å²) in [4.78, 5) is 14.0. The molecule has 1 fully saturated rings. The third-order valence-corrected chi connectivity index (χ3v) is 5.23. The highest BCUT2D eigenvalue weighted by Crippen LogP contribution is 2.35. The lowest BCUT2D eigenvalue weighted by atomic mass is 9.91. The fourth-order valence-electron chi connectivity index (χ4n) is 3.59. The van der Waals surface area contributed by atoms with Gasteiger partial charge < -0.3 is 5.11 Å². The topological polar surface area (TPSA) is 40.5 Å². The summed E-state index contributed by atoms with van der Waals surface area (Å²) in [6.07, 6.45) is 2.74. The molecule has 2 aromatic rings. The summed E-state index contributed by atoms with van der Waals surface area (Å²) in [5.74, 6) is -0.718. The number of carbonyl (C=O) groups is 1. The Labute approximate surface area is 151 Å². The maximum atomic E-state index is 11.8. The van der Waals surface area contributed by atoms with Crippen LogP contribution in [0.1, 0.15) is 42.0 Å². The van der Waals surface area contributed by atoms with Crippen molar-refractivity contribution in [3.63, 3.8) is 0 Å². The van der Waals surface area contributed by atoms with Gasteiger partial charge in [-0.05, 0) is 49.6 Å². The summed E-state index contributed by atoms with van der Waals surface area (Å²) >= 11 is 3.49. The molecule has 0 bridgehead atoms. The van der Waals surface area contributed by atoms with E-state index in [2.05, 4.69) is 64.2 Å². The van der Waals surface area contributed by atoms with Crippen LogP contribution in [0.3, 0.4) is 0 Å². The summed E-state index contributed by atoms with van der Waals surface area (Å²) in [5, 5.41) is 9.70. The average molecular weight is 388 g/mol. The Morgan fingerprint density at radius 2 is 1.92 bits per heavy atom. The normalized spacial score (nSPS) is 19.8. The molecule has 0 aromatic heterocycles. The minimum atomic E-state index is -0.718. The monoisotopic (exact) mass is 387 g/mol. The number of carboxylic acid groups (broad SMARTS) is 1. The Morgan fingerprint density at radius 1 is 1.17 bits per heavy atom. The fourth-order valence-corrected chi connectivity index (χ4v) is 3.85. The predicted octanol–water partition coefficient (Wildman–Crippen LogP) is 4.79. The van der Waals surface area contributed by atoms with Crippen LogP contribution < -0.4 is 0 Å². The van der Waals surface area contributed by atoms with Gasteiger partial charge in [0.15, 0.2) is 0 Å². The number of likely N-dealkylation sites (tertiary alicyclic amines) is 1. The fraction of sp³-hybridized carbons (Fsp3) is 0.350. The maximum absolute atomic E-state index is 11.8. The van der Waals surface area contributed by atoms with Gasteiger partial charge >= 0.3 is 5.97 Å². The van der Waals surface area contributed by atoms with Gasteiger partial charge in [-0.25, -0.2) is 0 Å². The molecule has 0 saturated carbocycles. The van der Waals surface area contributed by atoms with Crippen molar-refractivity contribution in [1.82, 2.24) is 4.90 Å². The molecule has 0 aliphatic carbocycles. The third kappa shape index (κ3) is 3.70. The van der Waals surface area contributed by atoms with Gasteiger partial charge in [0, 0.05) is 4.47 Å². The molecular formula is C20H22BrNO2. The Bertz CT molecular complexity index is 714. The number of aliphatic carboxylic acids is 1. The van der Waals surface area contributed by atoms with Crippen LogP contribution in [0.5, 0.6) is 0 Å². The first-order chi connectivity index (χ1) is 11.6. The van der Waals surface area contributed by atoms with E-state index in [-0.39, 0.29) is 6.04 Å². The van der Waals surface area contributed by atoms with Crippen LogP contribution in [0.2, 0.25) is 0 Å². The number of hydrogen-bond donors (Lipinski definition) is 1. The zero-order valence-electron chi connectivity index (χ0n) is 13.8. The number of aryl methyl sites for hydroxylation is 1. The van der Waals surface area contributed by atoms with Gasteiger partial charge in [0.2, 0.25) is 0 Å². The van der Waals surface area contributed by atoms with E-state index in [1.54, 1.807) is 0 Å². The van der Waals surface area contributed by atoms with Gasteiger partial charge in [0.25, 0.3) is 0 Å². The number of carboxylic acids is 1. The minimum Gasteiger partial charge on any atom is -0.480 e. The molecule has 24 heavy (non-hydrogen) atoms. The van der Waals surface area contributed by atoms with Crippen LogP contribution in [-0.4, -0.2) is 28.6 Å². The van der Waals surface area contributed by atoms with Crippen LogP contribution in [0.15, 0.2) is 53.0 Å². The van der Waals surface area contributed by atoms with E-state index < -0.39 is 12.0 Å². The molecule has 0 radical (unpaired) electrons. The minimum absolute atomic E-state index is 0.0283. The Kier molecular flexibility index (Phi) is 5.36. The molecule has 2 atom stereocenters. The summed E-state index contributed by atoms with van der Waals surface area (Å²) in [6.45, 7) is 2.89. The average Bonchev–Trinajstić information content (AvgIpc) is 2.57. The van der Waals surface area contributed by atoms with Gasteiger partial charge in [0.05, 0.1) is 6.04 Å². The highest BCUT2D eigenvalue weighted by molar-refractivity contribution is 9.10. The second-order valence-corrected chi connectivity index (χ2v) is 7.37. The van der Waals surface area contributed by atoms with Gasteiger partial charge in [-0.3, -0.25) is 9.69 Å². The standard InChI is InChI=1S/C20H22BrNO2/c1-14-5-4-6-16(13-14)19(15-8-10-17(21)11-9-15)22-12-3-2-7-18(22)20(23)24/h4-6,8-11,13,18-19H,2-3,7,12H2,1H3,(H,23,24). The molecular weight excluding hydrogens is 366 g/mol. The van der Waals surface area contributed by atoms with Crippen molar-refractivity contribution < 1.29 is 9.90 Å². The third-order valence-electron chi connectivity index (χ3n) is 4.70. The molecule has 3 rings (SSSR count). The number of piperidine rings is 1. The highest BCUT2D eigenvalue weighted by atomic mass is 79.9. The van der Waals surface area contributed by atoms with E-state index in [4.69, 9.17) is 0 Å². The van der Waals surface area contributed by atoms with E-state index in [1.807, 2.05) is 12.1 Å². The molecule has 2 aromatic carbocycles. The summed E-state index contributed by atoms with van der Waals surface area (Å²) in [7, 11) is 0. The molecule has 126 valence electrons. The molecule has 4 heteroatoms. The zero-order valence-corrected chi connectivity index (χ0v) is 15.4. The van der Waals surface area contributed by atoms with Gasteiger partial charge in [-0.2, -0.15) is 0 Å². The molecule has 3 nitrogen and oxygen atoms in total. The van der Waals surface area contributed by atoms with Crippen molar-refractivity contribution >= 4 is 21.9 Å². The zero-order chi connectivity index (χ0) is 17.1. The van der Waals surface area contributed by atoms with E-state index in [0.717, 1.165) is 35.0 Å². The number of halogens is 1. The molecule has 1 heterocycles. The van der Waals surface area contributed by atoms with E-state index in [9.17, 15) is 9.90 Å². The van der Waals surface area contributed by atoms with Crippen molar-refractivity contribution in [3.05, 3.63) is 69.7 Å². The Balaban J connectivity index is 2.07. The van der Waals surface area contributed by atoms with Crippen molar-refractivity contribution in [2.24, 2.45) is 0 Å². The van der Waals surface area contributed by atoms with E-state index in [1.165, 1.54) is 5.56 Å². The predicted molar refractivity (Wildman–Crippen MR) is 99.1 cm³/mol. The lowest BCUT2D eigenvalue weighted by Crippen LogP contribution is -2.46. The smallest absolute Gasteiger partial charge is 0.320 e. The van der Waals surface area contributed by atoms with Gasteiger partial charge in [-0.1, -0.05) is 64.3 Å². The number of rotatable bonds is 4. The van der Waals surface area contributed by atoms with Gasteiger partial charge in [0.1, 0.15) is 6.04 Å². The lowest BCUT2D eigenvalue weighted by Gasteiger charge is -2.39. The van der Waals surface area contributed by atoms with Crippen molar-refractivity contribution in [3.8, 4) is 0 Å². The molecule has 0 amide bonds. The van der Waals surface area contributed by atoms with Crippen LogP contribution in [0, 0.1) is 6.92 Å². The van der Waals surface area contributed by atoms with Crippen molar-refractivity contribution in [1.29, 1.82) is 0 Å². The van der Waals surface area contributed by atoms with Crippen molar-refractivity contribution in [2.45, 2.75) is 38.3 Å². The quantitative estimate of drug-likeness (QED) is 0.819. The first-order valence-electron chi connectivity index (χ1n) is 8.37. The first-order valence-corrected chi connectivity index (χ1v) is 9.16. The molecule has 0 spiro atoms. The molecule has 1 saturated heterocycles. The lowest BCUT2D eigenvalue weighted by molar-refractivity contribution is -0.145. The molecule has 1 aliphatic rings. The maximum Gasteiger partial charge on any atom is 0.320 e. The molecule has 1 N–H and O–H groups in total. The molecule has 2 unspecified atom stereocenters. The molecule has 1 aliphatic heterocycles. The van der Waals surface area contributed by atoms with Crippen LogP contribution in [0.4, 0.5) is 0 Å². The second kappa shape index (κ2) is 7.49. The van der Waals surface area contributed by atoms with Crippen LogP contribution in [0.25, 0.3) is 0 Å². The van der Waals surface area contributed by atoms with E-state index >= 15 is 0 Å². The van der Waals surface area contributed by atoms with Crippen molar-refractivity contribution in [2.75, 3.05) is 6.54 Å². The van der Waals surface area contributed by atoms with Gasteiger partial charge in [-0.15, -0.1) is 0 Å². The summed E-state index contributed by atoms with van der Waals surface area (Å²) in [5.41, 5.74) is 3.49. The first kappa shape index (κ1) is 17.2. The number of benzene rings is 2. The number of hydrogen-bond acceptors (Lipinski definition) is 2. The van der Waals surface area contributed by atoms with Crippen LogP contribution in [-0.2, 0) is 4.79 Å². The SMILES string of the molecule is Cc1cccc(C(c2ccc(Br)cc2)N2CCCCC2C(=O)O)c1. The largest absolute Gasteiger partial charge is 0.480 e. The Morgan fingerprint density at radius 3 is 2.58 bits per heavy atom. The van der Waals surface area contributed by atoms with E-state index in [0.29, 0.717) is 6.42 Å². The second-order valence-electron chi connectivity index (χ2n) is 6.46. The number of nitrogens with zero attached hydrogens (tertiary/aromatic N) is 1. The van der Waals surface area contributed by atoms with Crippen LogP contribution >= 0.6 is 15.9 Å². The summed E-state index contributed by atoms with van der Waals surface area (Å²) < 4.78 is 1.03. The Hall–Kier alpha value is -1.65. The highest BCUT2D eigenvalue weighted by Gasteiger charge is 2.35. The summed E-state index contributed by atoms with van der Waals surface area (Å²) in [6, 6.07) is 16.2.